The van der Waals surface area contributed by atoms with Crippen LogP contribution in [0.25, 0.3) is 10.2 Å². The van der Waals surface area contributed by atoms with Crippen LogP contribution in [0.4, 0.5) is 13.2 Å². The standard InChI is InChI=1S/C10H7F3N2O2S/c11-10(12,13)17-5-3-6-8-7(4-5)18-9(14)15(8)1-2-16-6/h3-4,14H,1-2H2. The van der Waals surface area contributed by atoms with Crippen molar-refractivity contribution >= 4 is 21.6 Å². The maximum atomic E-state index is 12.2. The fourth-order valence-corrected chi connectivity index (χ4v) is 2.91. The Morgan fingerprint density at radius 2 is 2.17 bits per heavy atom. The number of thiazole rings is 1. The minimum Gasteiger partial charge on any atom is -0.489 e. The maximum absolute atomic E-state index is 12.2. The van der Waals surface area contributed by atoms with E-state index in [1.807, 2.05) is 0 Å². The Labute approximate surface area is 103 Å². The average molecular weight is 276 g/mol. The molecule has 0 saturated carbocycles. The lowest BCUT2D eigenvalue weighted by Gasteiger charge is -2.17. The summed E-state index contributed by atoms with van der Waals surface area (Å²) < 4.78 is 48.0. The lowest BCUT2D eigenvalue weighted by Crippen LogP contribution is -2.22. The Hall–Kier alpha value is -1.70. The van der Waals surface area contributed by atoms with Gasteiger partial charge in [0.25, 0.3) is 0 Å². The van der Waals surface area contributed by atoms with E-state index in [2.05, 4.69) is 4.74 Å². The Balaban J connectivity index is 2.19. The molecule has 0 atom stereocenters. The number of aromatic nitrogens is 1. The van der Waals surface area contributed by atoms with Crippen LogP contribution in [0.2, 0.25) is 0 Å². The molecular weight excluding hydrogens is 269 g/mol. The fraction of sp³-hybridized carbons (Fsp3) is 0.300. The first kappa shape index (κ1) is 11.4. The summed E-state index contributed by atoms with van der Waals surface area (Å²) in [5, 5.41) is 7.74. The van der Waals surface area contributed by atoms with Crippen LogP contribution in [0.15, 0.2) is 12.1 Å². The number of hydrogen-bond donors (Lipinski definition) is 1. The molecule has 0 radical (unpaired) electrons. The highest BCUT2D eigenvalue weighted by Gasteiger charge is 2.32. The van der Waals surface area contributed by atoms with E-state index in [0.717, 1.165) is 11.3 Å². The molecule has 96 valence electrons. The molecule has 0 fully saturated rings. The van der Waals surface area contributed by atoms with Gasteiger partial charge in [-0.15, -0.1) is 13.2 Å². The second kappa shape index (κ2) is 3.64. The van der Waals surface area contributed by atoms with Crippen LogP contribution in [0.5, 0.6) is 11.5 Å². The Morgan fingerprint density at radius 3 is 2.89 bits per heavy atom. The average Bonchev–Trinajstić information content (AvgIpc) is 2.55. The topological polar surface area (TPSA) is 47.2 Å². The first-order valence-electron chi connectivity index (χ1n) is 5.04. The predicted octanol–water partition coefficient (Wildman–Crippen LogP) is 2.47. The van der Waals surface area contributed by atoms with Crippen LogP contribution in [-0.2, 0) is 6.54 Å². The van der Waals surface area contributed by atoms with Crippen LogP contribution in [0.3, 0.4) is 0 Å². The van der Waals surface area contributed by atoms with Gasteiger partial charge in [0.1, 0.15) is 23.6 Å². The molecule has 1 aliphatic heterocycles. The first-order chi connectivity index (χ1) is 8.44. The molecule has 1 aliphatic rings. The number of rotatable bonds is 1. The van der Waals surface area contributed by atoms with E-state index in [9.17, 15) is 13.2 Å². The van der Waals surface area contributed by atoms with Crippen LogP contribution in [0.1, 0.15) is 0 Å². The summed E-state index contributed by atoms with van der Waals surface area (Å²) in [6, 6.07) is 2.48. The molecule has 18 heavy (non-hydrogen) atoms. The van der Waals surface area contributed by atoms with Crippen molar-refractivity contribution in [2.24, 2.45) is 0 Å². The molecule has 3 rings (SSSR count). The summed E-state index contributed by atoms with van der Waals surface area (Å²) in [6.07, 6.45) is -4.73. The summed E-state index contributed by atoms with van der Waals surface area (Å²) in [7, 11) is 0. The van der Waals surface area contributed by atoms with Crippen LogP contribution >= 0.6 is 11.3 Å². The molecule has 0 spiro atoms. The Morgan fingerprint density at radius 1 is 1.39 bits per heavy atom. The van der Waals surface area contributed by atoms with Crippen LogP contribution < -0.4 is 14.3 Å². The van der Waals surface area contributed by atoms with Gasteiger partial charge in [-0.2, -0.15) is 0 Å². The molecule has 8 heteroatoms. The Bertz CT molecular complexity index is 674. The van der Waals surface area contributed by atoms with Crippen molar-refractivity contribution < 1.29 is 22.6 Å². The SMILES string of the molecule is N=c1sc2cc(OC(F)(F)F)cc3c2n1CCO3. The third-order valence-corrected chi connectivity index (χ3v) is 3.49. The van der Waals surface area contributed by atoms with Gasteiger partial charge in [0.15, 0.2) is 4.80 Å². The van der Waals surface area contributed by atoms with Gasteiger partial charge in [0.2, 0.25) is 0 Å². The number of nitrogens with zero attached hydrogens (tertiary/aromatic N) is 1. The van der Waals surface area contributed by atoms with Crippen LogP contribution in [-0.4, -0.2) is 17.5 Å². The van der Waals surface area contributed by atoms with Crippen molar-refractivity contribution in [3.63, 3.8) is 0 Å². The highest BCUT2D eigenvalue weighted by atomic mass is 32.1. The van der Waals surface area contributed by atoms with Crippen LogP contribution in [0, 0.1) is 5.41 Å². The van der Waals surface area contributed by atoms with Gasteiger partial charge in [0, 0.05) is 12.1 Å². The van der Waals surface area contributed by atoms with E-state index in [0.29, 0.717) is 33.9 Å². The van der Waals surface area contributed by atoms with Gasteiger partial charge >= 0.3 is 6.36 Å². The molecule has 2 aromatic rings. The second-order valence-corrected chi connectivity index (χ2v) is 4.75. The summed E-state index contributed by atoms with van der Waals surface area (Å²) in [4.78, 5) is 0.290. The number of ether oxygens (including phenoxy) is 2. The molecule has 0 unspecified atom stereocenters. The summed E-state index contributed by atoms with van der Waals surface area (Å²) >= 11 is 1.10. The quantitative estimate of drug-likeness (QED) is 0.869. The van der Waals surface area contributed by atoms with Gasteiger partial charge in [-0.3, -0.25) is 5.41 Å². The van der Waals surface area contributed by atoms with E-state index in [4.69, 9.17) is 10.1 Å². The first-order valence-corrected chi connectivity index (χ1v) is 5.86. The summed E-state index contributed by atoms with van der Waals surface area (Å²) in [5.41, 5.74) is 0.658. The molecular formula is C10H7F3N2O2S. The van der Waals surface area contributed by atoms with Gasteiger partial charge in [0.05, 0.1) is 11.2 Å². The maximum Gasteiger partial charge on any atom is 0.573 e. The molecule has 0 amide bonds. The minimum absolute atomic E-state index is 0.290. The van der Waals surface area contributed by atoms with Crippen molar-refractivity contribution in [2.75, 3.05) is 6.61 Å². The van der Waals surface area contributed by atoms with Crippen molar-refractivity contribution in [1.29, 1.82) is 5.41 Å². The van der Waals surface area contributed by atoms with Gasteiger partial charge in [-0.1, -0.05) is 11.3 Å². The molecule has 1 aromatic heterocycles. The number of benzene rings is 1. The molecule has 4 nitrogen and oxygen atoms in total. The lowest BCUT2D eigenvalue weighted by atomic mass is 10.2. The molecule has 1 N–H and O–H groups in total. The van der Waals surface area contributed by atoms with Gasteiger partial charge < -0.3 is 14.0 Å². The van der Waals surface area contributed by atoms with E-state index < -0.39 is 6.36 Å². The third-order valence-electron chi connectivity index (χ3n) is 2.54. The third kappa shape index (κ3) is 1.82. The van der Waals surface area contributed by atoms with E-state index in [1.165, 1.54) is 12.1 Å². The predicted molar refractivity (Wildman–Crippen MR) is 57.8 cm³/mol. The largest absolute Gasteiger partial charge is 0.573 e. The zero-order valence-corrected chi connectivity index (χ0v) is 9.69. The summed E-state index contributed by atoms with van der Waals surface area (Å²) in [6.45, 7) is 0.871. The van der Waals surface area contributed by atoms with Crippen molar-refractivity contribution in [3.05, 3.63) is 16.9 Å². The van der Waals surface area contributed by atoms with Crippen molar-refractivity contribution in [2.45, 2.75) is 12.9 Å². The zero-order chi connectivity index (χ0) is 12.9. The molecule has 0 bridgehead atoms. The van der Waals surface area contributed by atoms with E-state index in [1.54, 1.807) is 4.57 Å². The highest BCUT2D eigenvalue weighted by Crippen LogP contribution is 2.36. The van der Waals surface area contributed by atoms with Crippen molar-refractivity contribution in [1.82, 2.24) is 4.57 Å². The highest BCUT2D eigenvalue weighted by molar-refractivity contribution is 7.16. The van der Waals surface area contributed by atoms with E-state index >= 15 is 0 Å². The minimum atomic E-state index is -4.73. The summed E-state index contributed by atoms with van der Waals surface area (Å²) in [5.74, 6) is 0.00745. The zero-order valence-electron chi connectivity index (χ0n) is 8.87. The molecule has 1 aromatic carbocycles. The van der Waals surface area contributed by atoms with Gasteiger partial charge in [-0.25, -0.2) is 0 Å². The number of hydrogen-bond acceptors (Lipinski definition) is 4. The number of nitrogens with one attached hydrogen (secondary N) is 1. The fourth-order valence-electron chi connectivity index (χ4n) is 1.93. The number of alkyl halides is 3. The Kier molecular flexibility index (Phi) is 2.31. The van der Waals surface area contributed by atoms with E-state index in [-0.39, 0.29) is 5.75 Å². The smallest absolute Gasteiger partial charge is 0.489 e. The monoisotopic (exact) mass is 276 g/mol. The molecule has 0 aliphatic carbocycles. The number of halogens is 3. The molecule has 2 heterocycles. The lowest BCUT2D eigenvalue weighted by molar-refractivity contribution is -0.274. The van der Waals surface area contributed by atoms with Crippen molar-refractivity contribution in [3.8, 4) is 11.5 Å². The normalized spacial score (nSPS) is 14.6. The molecule has 0 saturated heterocycles. The van der Waals surface area contributed by atoms with Gasteiger partial charge in [-0.05, 0) is 0 Å². The second-order valence-electron chi connectivity index (χ2n) is 3.72.